The van der Waals surface area contributed by atoms with Gasteiger partial charge in [0, 0.05) is 12.7 Å². The summed E-state index contributed by atoms with van der Waals surface area (Å²) in [4.78, 5) is 29.0. The van der Waals surface area contributed by atoms with E-state index in [1.54, 1.807) is 36.4 Å². The summed E-state index contributed by atoms with van der Waals surface area (Å²) in [7, 11) is 0. The Morgan fingerprint density at radius 3 is 2.69 bits per heavy atom. The minimum absolute atomic E-state index is 0.0970. The number of halogens is 1. The number of aromatic nitrogens is 1. The fourth-order valence-corrected chi connectivity index (χ4v) is 2.82. The first kappa shape index (κ1) is 18.3. The van der Waals surface area contributed by atoms with Gasteiger partial charge >= 0.3 is 0 Å². The van der Waals surface area contributed by atoms with Gasteiger partial charge < -0.3 is 21.1 Å². The third-order valence-electron chi connectivity index (χ3n) is 4.06. The topological polar surface area (TPSA) is 106 Å². The molecule has 1 fully saturated rings. The van der Waals surface area contributed by atoms with Crippen molar-refractivity contribution >= 4 is 34.9 Å². The molecule has 1 aliphatic rings. The molecular weight excluding hydrogens is 356 g/mol. The predicted molar refractivity (Wildman–Crippen MR) is 99.2 cm³/mol. The van der Waals surface area contributed by atoms with E-state index in [4.69, 9.17) is 22.1 Å². The number of para-hydroxylation sites is 1. The van der Waals surface area contributed by atoms with Crippen LogP contribution in [0.3, 0.4) is 0 Å². The molecule has 1 aromatic heterocycles. The Hall–Kier alpha value is -2.48. The molecule has 0 unspecified atom stereocenters. The number of hydrogen-bond donors (Lipinski definition) is 3. The second kappa shape index (κ2) is 8.27. The standard InChI is InChI=1S/C18H19ClN4O3/c19-11-5-8-16(21-10-11)23-17(24)13-3-1-2-4-14(13)22-18(25)15-7-6-12(9-20)26-15/h1-5,8,10,12,15H,6-7,9,20H2,(H,22,25)(H,21,23,24)/t12-,15+/m1/s1. The average molecular weight is 375 g/mol. The molecule has 2 aromatic rings. The number of carbonyl (C=O) groups is 2. The summed E-state index contributed by atoms with van der Waals surface area (Å²) in [6, 6.07) is 9.97. The van der Waals surface area contributed by atoms with E-state index in [1.807, 2.05) is 0 Å². The van der Waals surface area contributed by atoms with Crippen molar-refractivity contribution in [3.05, 3.63) is 53.2 Å². The van der Waals surface area contributed by atoms with Crippen molar-refractivity contribution in [2.75, 3.05) is 17.2 Å². The highest BCUT2D eigenvalue weighted by atomic mass is 35.5. The molecule has 26 heavy (non-hydrogen) atoms. The summed E-state index contributed by atoms with van der Waals surface area (Å²) in [5, 5.41) is 5.92. The molecule has 0 spiro atoms. The summed E-state index contributed by atoms with van der Waals surface area (Å²) in [5.41, 5.74) is 6.30. The number of nitrogens with zero attached hydrogens (tertiary/aromatic N) is 1. The average Bonchev–Trinajstić information content (AvgIpc) is 3.13. The van der Waals surface area contributed by atoms with Gasteiger partial charge in [0.25, 0.3) is 11.8 Å². The second-order valence-electron chi connectivity index (χ2n) is 5.91. The van der Waals surface area contributed by atoms with Crippen LogP contribution in [0.1, 0.15) is 23.2 Å². The van der Waals surface area contributed by atoms with Gasteiger partial charge in [0.1, 0.15) is 11.9 Å². The molecular formula is C18H19ClN4O3. The summed E-state index contributed by atoms with van der Waals surface area (Å²) in [6.07, 6.45) is 2.14. The molecule has 0 bridgehead atoms. The van der Waals surface area contributed by atoms with E-state index in [-0.39, 0.29) is 17.9 Å². The Kier molecular flexibility index (Phi) is 5.82. The number of pyridine rings is 1. The van der Waals surface area contributed by atoms with Gasteiger partial charge in [-0.15, -0.1) is 0 Å². The number of nitrogens with one attached hydrogen (secondary N) is 2. The summed E-state index contributed by atoms with van der Waals surface area (Å²) in [6.45, 7) is 0.386. The molecule has 1 aromatic carbocycles. The van der Waals surface area contributed by atoms with Crippen LogP contribution in [0, 0.1) is 0 Å². The maximum Gasteiger partial charge on any atom is 0.258 e. The Balaban J connectivity index is 1.70. The normalized spacial score (nSPS) is 19.2. The zero-order valence-corrected chi connectivity index (χ0v) is 14.7. The molecule has 8 heteroatoms. The number of benzene rings is 1. The second-order valence-corrected chi connectivity index (χ2v) is 6.35. The number of rotatable bonds is 5. The van der Waals surface area contributed by atoms with Gasteiger partial charge in [-0.2, -0.15) is 0 Å². The van der Waals surface area contributed by atoms with E-state index >= 15 is 0 Å². The fourth-order valence-electron chi connectivity index (χ4n) is 2.71. The lowest BCUT2D eigenvalue weighted by Gasteiger charge is -2.15. The van der Waals surface area contributed by atoms with E-state index in [0.29, 0.717) is 35.1 Å². The van der Waals surface area contributed by atoms with Crippen molar-refractivity contribution < 1.29 is 14.3 Å². The summed E-state index contributed by atoms with van der Waals surface area (Å²) < 4.78 is 5.59. The van der Waals surface area contributed by atoms with Crippen LogP contribution >= 0.6 is 11.6 Å². The van der Waals surface area contributed by atoms with Crippen LogP contribution in [0.2, 0.25) is 5.02 Å². The van der Waals surface area contributed by atoms with Crippen molar-refractivity contribution in [1.29, 1.82) is 0 Å². The van der Waals surface area contributed by atoms with Crippen LogP contribution in [0.5, 0.6) is 0 Å². The van der Waals surface area contributed by atoms with Gasteiger partial charge in [-0.3, -0.25) is 9.59 Å². The van der Waals surface area contributed by atoms with Gasteiger partial charge in [0.15, 0.2) is 0 Å². The third kappa shape index (κ3) is 4.37. The molecule has 2 amide bonds. The Labute approximate surface area is 155 Å². The van der Waals surface area contributed by atoms with Crippen molar-refractivity contribution in [3.8, 4) is 0 Å². The molecule has 1 aliphatic heterocycles. The largest absolute Gasteiger partial charge is 0.364 e. The zero-order chi connectivity index (χ0) is 18.5. The number of nitrogens with two attached hydrogens (primary N) is 1. The fraction of sp³-hybridized carbons (Fsp3) is 0.278. The van der Waals surface area contributed by atoms with E-state index in [0.717, 1.165) is 6.42 Å². The van der Waals surface area contributed by atoms with E-state index in [1.165, 1.54) is 6.20 Å². The smallest absolute Gasteiger partial charge is 0.258 e. The van der Waals surface area contributed by atoms with Gasteiger partial charge in [0.05, 0.1) is 22.4 Å². The van der Waals surface area contributed by atoms with Crippen LogP contribution in [0.4, 0.5) is 11.5 Å². The van der Waals surface area contributed by atoms with Crippen LogP contribution < -0.4 is 16.4 Å². The Morgan fingerprint density at radius 1 is 1.19 bits per heavy atom. The first-order valence-corrected chi connectivity index (χ1v) is 8.63. The molecule has 0 aliphatic carbocycles. The van der Waals surface area contributed by atoms with Gasteiger partial charge in [-0.1, -0.05) is 23.7 Å². The molecule has 1 saturated heterocycles. The third-order valence-corrected chi connectivity index (χ3v) is 4.28. The summed E-state index contributed by atoms with van der Waals surface area (Å²) >= 11 is 5.79. The highest BCUT2D eigenvalue weighted by molar-refractivity contribution is 6.30. The maximum atomic E-state index is 12.5. The SMILES string of the molecule is NC[C@H]1CC[C@@H](C(=O)Nc2ccccc2C(=O)Nc2ccc(Cl)cn2)O1. The van der Waals surface area contributed by atoms with Gasteiger partial charge in [-0.05, 0) is 37.1 Å². The molecule has 7 nitrogen and oxygen atoms in total. The molecule has 3 rings (SSSR count). The van der Waals surface area contributed by atoms with E-state index in [2.05, 4.69) is 15.6 Å². The highest BCUT2D eigenvalue weighted by Gasteiger charge is 2.30. The number of hydrogen-bond acceptors (Lipinski definition) is 5. The Bertz CT molecular complexity index is 797. The maximum absolute atomic E-state index is 12.5. The molecule has 2 heterocycles. The quantitative estimate of drug-likeness (QED) is 0.745. The molecule has 4 N–H and O–H groups in total. The first-order chi connectivity index (χ1) is 12.6. The molecule has 0 radical (unpaired) electrons. The molecule has 0 saturated carbocycles. The lowest BCUT2D eigenvalue weighted by Crippen LogP contribution is -2.30. The number of anilines is 2. The van der Waals surface area contributed by atoms with Crippen molar-refractivity contribution in [2.24, 2.45) is 5.73 Å². The number of carbonyl (C=O) groups excluding carboxylic acids is 2. The predicted octanol–water partition coefficient (Wildman–Crippen LogP) is 2.43. The van der Waals surface area contributed by atoms with Crippen molar-refractivity contribution in [2.45, 2.75) is 25.0 Å². The van der Waals surface area contributed by atoms with Crippen LogP contribution in [0.25, 0.3) is 0 Å². The number of ether oxygens (including phenoxy) is 1. The van der Waals surface area contributed by atoms with Crippen LogP contribution in [-0.4, -0.2) is 35.6 Å². The minimum atomic E-state index is -0.558. The van der Waals surface area contributed by atoms with E-state index < -0.39 is 6.10 Å². The first-order valence-electron chi connectivity index (χ1n) is 8.25. The lowest BCUT2D eigenvalue weighted by atomic mass is 10.1. The minimum Gasteiger partial charge on any atom is -0.364 e. The zero-order valence-electron chi connectivity index (χ0n) is 13.9. The highest BCUT2D eigenvalue weighted by Crippen LogP contribution is 2.22. The van der Waals surface area contributed by atoms with E-state index in [9.17, 15) is 9.59 Å². The van der Waals surface area contributed by atoms with Gasteiger partial charge in [-0.25, -0.2) is 4.98 Å². The Morgan fingerprint density at radius 2 is 2.00 bits per heavy atom. The lowest BCUT2D eigenvalue weighted by molar-refractivity contribution is -0.126. The summed E-state index contributed by atoms with van der Waals surface area (Å²) in [5.74, 6) is -0.306. The molecule has 2 atom stereocenters. The van der Waals surface area contributed by atoms with Crippen molar-refractivity contribution in [3.63, 3.8) is 0 Å². The molecule has 136 valence electrons. The van der Waals surface area contributed by atoms with Crippen LogP contribution in [0.15, 0.2) is 42.6 Å². The number of amides is 2. The van der Waals surface area contributed by atoms with Gasteiger partial charge in [0.2, 0.25) is 0 Å². The van der Waals surface area contributed by atoms with Crippen molar-refractivity contribution in [1.82, 2.24) is 4.98 Å². The monoisotopic (exact) mass is 374 g/mol. The van der Waals surface area contributed by atoms with Crippen LogP contribution in [-0.2, 0) is 9.53 Å².